The van der Waals surface area contributed by atoms with Gasteiger partial charge < -0.3 is 0 Å². The summed E-state index contributed by atoms with van der Waals surface area (Å²) in [6, 6.07) is 7.53. The number of hydrogen-bond acceptors (Lipinski definition) is 1. The molecule has 0 amide bonds. The summed E-state index contributed by atoms with van der Waals surface area (Å²) < 4.78 is 14.0. The average molecular weight is 280 g/mol. The fraction of sp³-hybridized carbons (Fsp3) is 0.562. The van der Waals surface area contributed by atoms with Crippen LogP contribution >= 0.6 is 11.6 Å². The Morgan fingerprint density at radius 2 is 1.79 bits per heavy atom. The summed E-state index contributed by atoms with van der Waals surface area (Å²) in [5, 5.41) is 9.72. The van der Waals surface area contributed by atoms with Gasteiger partial charge in [0.1, 0.15) is 5.82 Å². The lowest BCUT2D eigenvalue weighted by Gasteiger charge is -2.29. The summed E-state index contributed by atoms with van der Waals surface area (Å²) in [5.41, 5.74) is 0.168. The summed E-state index contributed by atoms with van der Waals surface area (Å²) in [6.45, 7) is 0. The first-order valence-electron chi connectivity index (χ1n) is 7.01. The summed E-state index contributed by atoms with van der Waals surface area (Å²) in [6.07, 6.45) is 7.97. The van der Waals surface area contributed by atoms with Crippen molar-refractivity contribution in [2.75, 3.05) is 0 Å². The Morgan fingerprint density at radius 3 is 2.42 bits per heavy atom. The van der Waals surface area contributed by atoms with E-state index < -0.39 is 5.41 Å². The van der Waals surface area contributed by atoms with Crippen LogP contribution in [-0.2, 0) is 6.42 Å². The Labute approximate surface area is 119 Å². The topological polar surface area (TPSA) is 23.8 Å². The van der Waals surface area contributed by atoms with Gasteiger partial charge in [0.05, 0.1) is 16.5 Å². The molecule has 19 heavy (non-hydrogen) atoms. The van der Waals surface area contributed by atoms with Crippen molar-refractivity contribution in [3.05, 3.63) is 34.6 Å². The summed E-state index contributed by atoms with van der Waals surface area (Å²) >= 11 is 5.82. The SMILES string of the molecule is N#CC1(Cc2cccc(Cl)c2F)CCCCCCC1. The van der Waals surface area contributed by atoms with E-state index >= 15 is 0 Å². The molecule has 102 valence electrons. The van der Waals surface area contributed by atoms with Gasteiger partial charge in [-0.05, 0) is 30.9 Å². The number of nitriles is 1. The van der Waals surface area contributed by atoms with E-state index in [1.54, 1.807) is 18.2 Å². The Balaban J connectivity index is 2.21. The second-order valence-electron chi connectivity index (χ2n) is 5.55. The molecule has 1 aliphatic rings. The fourth-order valence-electron chi connectivity index (χ4n) is 2.96. The van der Waals surface area contributed by atoms with Gasteiger partial charge in [-0.3, -0.25) is 0 Å². The molecular formula is C16H19ClFN. The highest BCUT2D eigenvalue weighted by molar-refractivity contribution is 6.30. The minimum atomic E-state index is -0.411. The largest absolute Gasteiger partial charge is 0.205 e. The lowest BCUT2D eigenvalue weighted by atomic mass is 9.73. The number of benzene rings is 1. The molecule has 0 heterocycles. The third-order valence-corrected chi connectivity index (χ3v) is 4.40. The van der Waals surface area contributed by atoms with E-state index in [1.807, 2.05) is 0 Å². The Bertz CT molecular complexity index is 470. The average Bonchev–Trinajstić information content (AvgIpc) is 2.38. The second kappa shape index (κ2) is 6.39. The van der Waals surface area contributed by atoms with Gasteiger partial charge in [0.15, 0.2) is 0 Å². The number of nitrogens with zero attached hydrogens (tertiary/aromatic N) is 1. The minimum absolute atomic E-state index is 0.149. The molecule has 0 spiro atoms. The van der Waals surface area contributed by atoms with E-state index in [1.165, 1.54) is 19.3 Å². The third-order valence-electron chi connectivity index (χ3n) is 4.11. The van der Waals surface area contributed by atoms with Crippen LogP contribution in [0.25, 0.3) is 0 Å². The zero-order valence-electron chi connectivity index (χ0n) is 11.1. The van der Waals surface area contributed by atoms with Crippen LogP contribution < -0.4 is 0 Å². The predicted molar refractivity (Wildman–Crippen MR) is 75.5 cm³/mol. The second-order valence-corrected chi connectivity index (χ2v) is 5.96. The van der Waals surface area contributed by atoms with Gasteiger partial charge in [0.2, 0.25) is 0 Å². The van der Waals surface area contributed by atoms with Crippen molar-refractivity contribution in [3.8, 4) is 6.07 Å². The van der Waals surface area contributed by atoms with Crippen LogP contribution in [0.1, 0.15) is 50.5 Å². The van der Waals surface area contributed by atoms with Crippen molar-refractivity contribution in [2.24, 2.45) is 5.41 Å². The molecular weight excluding hydrogens is 261 g/mol. The van der Waals surface area contributed by atoms with Crippen LogP contribution in [-0.4, -0.2) is 0 Å². The van der Waals surface area contributed by atoms with E-state index in [2.05, 4.69) is 6.07 Å². The molecule has 0 radical (unpaired) electrons. The highest BCUT2D eigenvalue weighted by Gasteiger charge is 2.31. The monoisotopic (exact) mass is 279 g/mol. The quantitative estimate of drug-likeness (QED) is 0.723. The maximum Gasteiger partial charge on any atom is 0.145 e. The van der Waals surface area contributed by atoms with Crippen LogP contribution in [0.2, 0.25) is 5.02 Å². The molecule has 0 bridgehead atoms. The zero-order chi connectivity index (χ0) is 13.7. The Kier molecular flexibility index (Phi) is 4.82. The minimum Gasteiger partial charge on any atom is -0.205 e. The van der Waals surface area contributed by atoms with E-state index in [-0.39, 0.29) is 10.8 Å². The highest BCUT2D eigenvalue weighted by Crippen LogP contribution is 2.37. The Morgan fingerprint density at radius 1 is 1.16 bits per heavy atom. The van der Waals surface area contributed by atoms with Crippen molar-refractivity contribution >= 4 is 11.6 Å². The van der Waals surface area contributed by atoms with Gasteiger partial charge >= 0.3 is 0 Å². The van der Waals surface area contributed by atoms with Gasteiger partial charge in [-0.25, -0.2) is 4.39 Å². The number of rotatable bonds is 2. The Hall–Kier alpha value is -1.07. The molecule has 1 fully saturated rings. The molecule has 0 atom stereocenters. The number of hydrogen-bond donors (Lipinski definition) is 0. The standard InChI is InChI=1S/C16H19ClFN/c17-14-8-6-7-13(15(14)18)11-16(12-19)9-4-2-1-3-5-10-16/h6-8H,1-5,9-11H2. The van der Waals surface area contributed by atoms with Crippen molar-refractivity contribution in [1.82, 2.24) is 0 Å². The molecule has 0 aromatic heterocycles. The number of halogens is 2. The molecule has 1 aromatic rings. The molecule has 3 heteroatoms. The molecule has 1 aliphatic carbocycles. The lowest BCUT2D eigenvalue weighted by molar-refractivity contribution is 0.284. The van der Waals surface area contributed by atoms with Crippen LogP contribution in [0.4, 0.5) is 4.39 Å². The van der Waals surface area contributed by atoms with Crippen molar-refractivity contribution in [3.63, 3.8) is 0 Å². The molecule has 0 N–H and O–H groups in total. The van der Waals surface area contributed by atoms with E-state index in [0.717, 1.165) is 25.7 Å². The van der Waals surface area contributed by atoms with Gasteiger partial charge in [-0.15, -0.1) is 0 Å². The molecule has 1 saturated carbocycles. The fourth-order valence-corrected chi connectivity index (χ4v) is 3.15. The van der Waals surface area contributed by atoms with Crippen LogP contribution in [0, 0.1) is 22.6 Å². The summed E-state index contributed by atoms with van der Waals surface area (Å²) in [4.78, 5) is 0. The molecule has 0 saturated heterocycles. The van der Waals surface area contributed by atoms with Crippen molar-refractivity contribution in [2.45, 2.75) is 51.4 Å². The molecule has 2 rings (SSSR count). The van der Waals surface area contributed by atoms with Crippen LogP contribution in [0.15, 0.2) is 18.2 Å². The summed E-state index contributed by atoms with van der Waals surface area (Å²) in [5.74, 6) is -0.360. The van der Waals surface area contributed by atoms with Crippen molar-refractivity contribution < 1.29 is 4.39 Å². The molecule has 1 aromatic carbocycles. The third kappa shape index (κ3) is 3.48. The predicted octanol–water partition coefficient (Wildman–Crippen LogP) is 5.28. The maximum absolute atomic E-state index is 14.0. The van der Waals surface area contributed by atoms with Crippen molar-refractivity contribution in [1.29, 1.82) is 5.26 Å². The first-order chi connectivity index (χ1) is 9.17. The first kappa shape index (κ1) is 14.3. The van der Waals surface area contributed by atoms with E-state index in [9.17, 15) is 9.65 Å². The zero-order valence-corrected chi connectivity index (χ0v) is 11.8. The van der Waals surface area contributed by atoms with Gasteiger partial charge in [0, 0.05) is 0 Å². The molecule has 1 nitrogen and oxygen atoms in total. The van der Waals surface area contributed by atoms with Gasteiger partial charge in [-0.2, -0.15) is 5.26 Å². The summed E-state index contributed by atoms with van der Waals surface area (Å²) in [7, 11) is 0. The normalized spacial score (nSPS) is 19.2. The van der Waals surface area contributed by atoms with Gasteiger partial charge in [-0.1, -0.05) is 55.8 Å². The molecule has 0 aliphatic heterocycles. The van der Waals surface area contributed by atoms with E-state index in [4.69, 9.17) is 11.6 Å². The van der Waals surface area contributed by atoms with Crippen LogP contribution in [0.3, 0.4) is 0 Å². The smallest absolute Gasteiger partial charge is 0.145 e. The maximum atomic E-state index is 14.0. The van der Waals surface area contributed by atoms with Gasteiger partial charge in [0.25, 0.3) is 0 Å². The molecule has 0 unspecified atom stereocenters. The van der Waals surface area contributed by atoms with E-state index in [0.29, 0.717) is 12.0 Å². The lowest BCUT2D eigenvalue weighted by Crippen LogP contribution is -2.23. The first-order valence-corrected chi connectivity index (χ1v) is 7.39. The van der Waals surface area contributed by atoms with Crippen LogP contribution in [0.5, 0.6) is 0 Å². The highest BCUT2D eigenvalue weighted by atomic mass is 35.5.